The van der Waals surface area contributed by atoms with Gasteiger partial charge in [0.2, 0.25) is 0 Å². The Morgan fingerprint density at radius 3 is 2.62 bits per heavy atom. The highest BCUT2D eigenvalue weighted by Crippen LogP contribution is 2.35. The molecule has 1 N–H and O–H groups in total. The third-order valence-corrected chi connectivity index (χ3v) is 7.20. The second-order valence-corrected chi connectivity index (χ2v) is 9.21. The molecule has 6 nitrogen and oxygen atoms in total. The van der Waals surface area contributed by atoms with Gasteiger partial charge in [0.05, 0.1) is 5.69 Å². The number of carbonyl (C=O) groups excluding carboxylic acids is 1. The van der Waals surface area contributed by atoms with Crippen molar-refractivity contribution in [1.29, 1.82) is 0 Å². The molecular formula is C22H29N3O3S. The van der Waals surface area contributed by atoms with Gasteiger partial charge in [0, 0.05) is 41.9 Å². The van der Waals surface area contributed by atoms with Gasteiger partial charge < -0.3 is 14.6 Å². The van der Waals surface area contributed by atoms with Gasteiger partial charge in [-0.05, 0) is 25.3 Å². The smallest absolute Gasteiger partial charge is 0.353 e. The molecule has 1 saturated heterocycles. The molecule has 29 heavy (non-hydrogen) atoms. The Morgan fingerprint density at radius 1 is 1.10 bits per heavy atom. The number of rotatable bonds is 2. The average molecular weight is 416 g/mol. The summed E-state index contributed by atoms with van der Waals surface area (Å²) in [5.74, 6) is -0.116. The summed E-state index contributed by atoms with van der Waals surface area (Å²) in [7, 11) is 0. The number of carbonyl (C=O) groups is 2. The van der Waals surface area contributed by atoms with Crippen molar-refractivity contribution in [3.8, 4) is 0 Å². The van der Waals surface area contributed by atoms with Crippen LogP contribution in [-0.4, -0.2) is 43.2 Å². The zero-order valence-electron chi connectivity index (χ0n) is 16.8. The summed E-state index contributed by atoms with van der Waals surface area (Å²) in [6, 6.07) is 0. The summed E-state index contributed by atoms with van der Waals surface area (Å²) < 4.78 is 2.16. The first-order valence-electron chi connectivity index (χ1n) is 10.8. The second-order valence-electron chi connectivity index (χ2n) is 8.13. The van der Waals surface area contributed by atoms with E-state index in [2.05, 4.69) is 4.57 Å². The molecule has 3 aliphatic rings. The zero-order chi connectivity index (χ0) is 20.2. The van der Waals surface area contributed by atoms with Crippen LogP contribution in [0.2, 0.25) is 0 Å². The standard InChI is InChI=1S/C22H29N3O3S/c26-21-17(13-16-14-24-11-8-10-20(24)23-16)19-9-6-4-2-1-3-5-7-12-25(21)18(15-29-19)22(27)28/h13-15,19H,1-12H2,(H,27,28). The number of carboxylic acid groups (broad SMARTS) is 1. The molecule has 156 valence electrons. The molecule has 1 fully saturated rings. The fourth-order valence-corrected chi connectivity index (χ4v) is 5.58. The normalized spacial score (nSPS) is 25.0. The SMILES string of the molecule is O=C(O)C1=CSC2CCCCCCCCCN1C(=O)C2=Cc1cn2c(n1)CCC2. The lowest BCUT2D eigenvalue weighted by atomic mass is 10.0. The van der Waals surface area contributed by atoms with E-state index in [0.29, 0.717) is 12.1 Å². The van der Waals surface area contributed by atoms with E-state index in [4.69, 9.17) is 4.98 Å². The molecule has 4 heterocycles. The topological polar surface area (TPSA) is 75.4 Å². The number of carboxylic acids is 1. The van der Waals surface area contributed by atoms with Gasteiger partial charge >= 0.3 is 5.97 Å². The third kappa shape index (κ3) is 4.60. The Morgan fingerprint density at radius 2 is 1.86 bits per heavy atom. The summed E-state index contributed by atoms with van der Waals surface area (Å²) in [4.78, 5) is 31.6. The molecule has 1 atom stereocenters. The number of hydrogen-bond donors (Lipinski definition) is 1. The first kappa shape index (κ1) is 20.3. The van der Waals surface area contributed by atoms with E-state index in [0.717, 1.165) is 69.4 Å². The van der Waals surface area contributed by atoms with Crippen LogP contribution in [0.15, 0.2) is 22.9 Å². The van der Waals surface area contributed by atoms with Crippen LogP contribution in [-0.2, 0) is 22.6 Å². The fraction of sp³-hybridized carbons (Fsp3) is 0.591. The van der Waals surface area contributed by atoms with Crippen molar-refractivity contribution in [2.75, 3.05) is 6.54 Å². The Bertz CT molecular complexity index is 821. The predicted octanol–water partition coefficient (Wildman–Crippen LogP) is 4.22. The van der Waals surface area contributed by atoms with Crippen molar-refractivity contribution in [3.05, 3.63) is 34.4 Å². The molecular weight excluding hydrogens is 386 g/mol. The van der Waals surface area contributed by atoms with Crippen LogP contribution in [0.1, 0.15) is 69.3 Å². The fourth-order valence-electron chi connectivity index (χ4n) is 4.44. The minimum atomic E-state index is -1.03. The van der Waals surface area contributed by atoms with Crippen molar-refractivity contribution in [1.82, 2.24) is 14.5 Å². The molecule has 1 aromatic rings. The molecule has 0 aromatic carbocycles. The van der Waals surface area contributed by atoms with Crippen LogP contribution in [0.4, 0.5) is 0 Å². The minimum absolute atomic E-state index is 0.0286. The van der Waals surface area contributed by atoms with E-state index in [1.165, 1.54) is 29.5 Å². The number of aliphatic carboxylic acids is 1. The summed E-state index contributed by atoms with van der Waals surface area (Å²) in [6.07, 6.45) is 14.6. The van der Waals surface area contributed by atoms with Gasteiger partial charge in [-0.2, -0.15) is 0 Å². The molecule has 1 amide bonds. The summed E-state index contributed by atoms with van der Waals surface area (Å²) >= 11 is 1.48. The highest BCUT2D eigenvalue weighted by atomic mass is 32.2. The quantitative estimate of drug-likeness (QED) is 0.732. The van der Waals surface area contributed by atoms with Crippen LogP contribution >= 0.6 is 11.8 Å². The first-order chi connectivity index (χ1) is 14.1. The highest BCUT2D eigenvalue weighted by molar-refractivity contribution is 8.03. The van der Waals surface area contributed by atoms with Crippen LogP contribution in [0.25, 0.3) is 6.08 Å². The Kier molecular flexibility index (Phi) is 6.43. The Hall–Kier alpha value is -2.02. The number of aryl methyl sites for hydroxylation is 2. The Balaban J connectivity index is 1.70. The number of imidazole rings is 1. The first-order valence-corrected chi connectivity index (χ1v) is 11.8. The molecule has 4 rings (SSSR count). The molecule has 3 aliphatic heterocycles. The monoisotopic (exact) mass is 415 g/mol. The lowest BCUT2D eigenvalue weighted by Gasteiger charge is -2.23. The molecule has 1 aromatic heterocycles. The molecule has 7 heteroatoms. The Labute approximate surface area is 176 Å². The molecule has 0 aliphatic carbocycles. The summed E-state index contributed by atoms with van der Waals surface area (Å²) in [5.41, 5.74) is 1.62. The molecule has 2 bridgehead atoms. The van der Waals surface area contributed by atoms with Crippen molar-refractivity contribution >= 4 is 29.7 Å². The van der Waals surface area contributed by atoms with Gasteiger partial charge in [-0.25, -0.2) is 9.78 Å². The molecule has 0 spiro atoms. The predicted molar refractivity (Wildman–Crippen MR) is 114 cm³/mol. The van der Waals surface area contributed by atoms with E-state index in [-0.39, 0.29) is 16.9 Å². The maximum absolute atomic E-state index is 13.5. The molecule has 1 unspecified atom stereocenters. The number of fused-ring (bicyclic) bond motifs is 4. The lowest BCUT2D eigenvalue weighted by molar-refractivity contribution is -0.138. The van der Waals surface area contributed by atoms with Crippen LogP contribution < -0.4 is 0 Å². The van der Waals surface area contributed by atoms with Crippen LogP contribution in [0.5, 0.6) is 0 Å². The van der Waals surface area contributed by atoms with Crippen LogP contribution in [0.3, 0.4) is 0 Å². The number of aromatic nitrogens is 2. The van der Waals surface area contributed by atoms with Crippen molar-refractivity contribution in [2.24, 2.45) is 0 Å². The minimum Gasteiger partial charge on any atom is -0.477 e. The van der Waals surface area contributed by atoms with E-state index < -0.39 is 5.97 Å². The average Bonchev–Trinajstić information content (AvgIpc) is 3.25. The van der Waals surface area contributed by atoms with Crippen molar-refractivity contribution in [2.45, 2.75) is 76.0 Å². The maximum Gasteiger partial charge on any atom is 0.353 e. The van der Waals surface area contributed by atoms with Gasteiger partial charge in [0.1, 0.15) is 11.5 Å². The summed E-state index contributed by atoms with van der Waals surface area (Å²) in [5, 5.41) is 11.4. The van der Waals surface area contributed by atoms with Crippen molar-refractivity contribution < 1.29 is 14.7 Å². The third-order valence-electron chi connectivity index (χ3n) is 6.02. The van der Waals surface area contributed by atoms with Gasteiger partial charge in [0.15, 0.2) is 0 Å². The lowest BCUT2D eigenvalue weighted by Crippen LogP contribution is -2.36. The molecule has 0 saturated carbocycles. The number of thioether (sulfide) groups is 1. The number of hydrogen-bond acceptors (Lipinski definition) is 4. The van der Waals surface area contributed by atoms with Crippen molar-refractivity contribution in [3.63, 3.8) is 0 Å². The van der Waals surface area contributed by atoms with Gasteiger partial charge in [0.25, 0.3) is 5.91 Å². The van der Waals surface area contributed by atoms with Crippen LogP contribution in [0, 0.1) is 0 Å². The van der Waals surface area contributed by atoms with Gasteiger partial charge in [-0.1, -0.05) is 38.5 Å². The maximum atomic E-state index is 13.5. The second kappa shape index (κ2) is 9.20. The van der Waals surface area contributed by atoms with E-state index in [9.17, 15) is 14.7 Å². The largest absolute Gasteiger partial charge is 0.477 e. The van der Waals surface area contributed by atoms with E-state index >= 15 is 0 Å². The highest BCUT2D eigenvalue weighted by Gasteiger charge is 2.33. The number of nitrogens with zero attached hydrogens (tertiary/aromatic N) is 3. The van der Waals surface area contributed by atoms with Gasteiger partial charge in [-0.3, -0.25) is 4.79 Å². The van der Waals surface area contributed by atoms with E-state index in [1.807, 2.05) is 12.3 Å². The van der Waals surface area contributed by atoms with Gasteiger partial charge in [-0.15, -0.1) is 11.8 Å². The number of amides is 1. The zero-order valence-corrected chi connectivity index (χ0v) is 17.6. The molecule has 0 radical (unpaired) electrons. The summed E-state index contributed by atoms with van der Waals surface area (Å²) in [6.45, 7) is 1.44. The van der Waals surface area contributed by atoms with E-state index in [1.54, 1.807) is 5.41 Å².